The molecule has 0 atom stereocenters. The smallest absolute Gasteiger partial charge is 0.475 e. The van der Waals surface area contributed by atoms with E-state index < -0.39 is 12.1 Å². The number of nitrogens with zero attached hydrogens (tertiary/aromatic N) is 2. The molecule has 1 amide bonds. The number of alkyl halides is 3. The van der Waals surface area contributed by atoms with Crippen LogP contribution in [0.15, 0.2) is 42.6 Å². The van der Waals surface area contributed by atoms with Gasteiger partial charge in [-0.1, -0.05) is 6.07 Å². The van der Waals surface area contributed by atoms with Gasteiger partial charge in [0.2, 0.25) is 0 Å². The summed E-state index contributed by atoms with van der Waals surface area (Å²) in [7, 11) is 0. The first-order valence-corrected chi connectivity index (χ1v) is 11.7. The standard InChI is InChI=1S/C24H23FN4O2.C2HF3O2/c25-20-2-1-3-23(29-10-12-31-13-11-29)18(20)5-4-17-14-16(6-8-26-17)22-15-19-21(28-22)7-9-27-24(19)30;3-2(4,5)1(6)7/h1-6,8,14-15,28H,7,9-13H2,(H,27,30);(H,6,7)/b5-4+;. The molecule has 38 heavy (non-hydrogen) atoms. The van der Waals surface area contributed by atoms with Crippen LogP contribution in [0.2, 0.25) is 0 Å². The predicted molar refractivity (Wildman–Crippen MR) is 132 cm³/mol. The first-order chi connectivity index (χ1) is 18.1. The molecule has 1 aromatic carbocycles. The molecule has 8 nitrogen and oxygen atoms in total. The summed E-state index contributed by atoms with van der Waals surface area (Å²) in [4.78, 5) is 30.9. The highest BCUT2D eigenvalue weighted by atomic mass is 19.4. The molecule has 5 rings (SSSR count). The van der Waals surface area contributed by atoms with E-state index in [1.807, 2.05) is 30.3 Å². The highest BCUT2D eigenvalue weighted by molar-refractivity contribution is 5.97. The number of carbonyl (C=O) groups is 2. The Hall–Kier alpha value is -4.19. The van der Waals surface area contributed by atoms with E-state index in [-0.39, 0.29) is 11.7 Å². The molecule has 200 valence electrons. The van der Waals surface area contributed by atoms with Gasteiger partial charge in [-0.25, -0.2) is 9.18 Å². The van der Waals surface area contributed by atoms with Gasteiger partial charge in [-0.2, -0.15) is 13.2 Å². The zero-order valence-electron chi connectivity index (χ0n) is 20.0. The molecular weight excluding hydrogens is 508 g/mol. The first-order valence-electron chi connectivity index (χ1n) is 11.7. The monoisotopic (exact) mass is 532 g/mol. The van der Waals surface area contributed by atoms with E-state index >= 15 is 0 Å². The van der Waals surface area contributed by atoms with Crippen LogP contribution in [0.5, 0.6) is 0 Å². The van der Waals surface area contributed by atoms with Gasteiger partial charge in [0.25, 0.3) is 5.91 Å². The largest absolute Gasteiger partial charge is 0.490 e. The van der Waals surface area contributed by atoms with Crippen molar-refractivity contribution in [3.8, 4) is 11.3 Å². The van der Waals surface area contributed by atoms with Crippen molar-refractivity contribution in [3.05, 3.63) is 70.9 Å². The maximum absolute atomic E-state index is 14.6. The van der Waals surface area contributed by atoms with Crippen LogP contribution in [-0.2, 0) is 16.0 Å². The van der Waals surface area contributed by atoms with Crippen molar-refractivity contribution >= 4 is 29.7 Å². The summed E-state index contributed by atoms with van der Waals surface area (Å²) in [6, 6.07) is 10.9. The van der Waals surface area contributed by atoms with Crippen LogP contribution in [0, 0.1) is 5.82 Å². The van der Waals surface area contributed by atoms with E-state index in [9.17, 15) is 22.4 Å². The molecular formula is C26H24F4N4O4. The van der Waals surface area contributed by atoms with E-state index in [0.717, 1.165) is 42.1 Å². The number of carboxylic acids is 1. The fourth-order valence-electron chi connectivity index (χ4n) is 4.10. The van der Waals surface area contributed by atoms with Crippen molar-refractivity contribution in [3.63, 3.8) is 0 Å². The van der Waals surface area contributed by atoms with Crippen LogP contribution in [0.3, 0.4) is 0 Å². The number of aromatic amines is 1. The van der Waals surface area contributed by atoms with Gasteiger partial charge in [0, 0.05) is 60.5 Å². The summed E-state index contributed by atoms with van der Waals surface area (Å²) >= 11 is 0. The van der Waals surface area contributed by atoms with Crippen LogP contribution >= 0.6 is 0 Å². The Morgan fingerprint density at radius 3 is 2.55 bits per heavy atom. The quantitative estimate of drug-likeness (QED) is 0.436. The number of hydrogen-bond acceptors (Lipinski definition) is 5. The van der Waals surface area contributed by atoms with E-state index in [2.05, 4.69) is 20.2 Å². The third-order valence-electron chi connectivity index (χ3n) is 5.94. The average Bonchev–Trinajstić information content (AvgIpc) is 3.34. The summed E-state index contributed by atoms with van der Waals surface area (Å²) in [6.07, 6.45) is 1.02. The predicted octanol–water partition coefficient (Wildman–Crippen LogP) is 4.14. The van der Waals surface area contributed by atoms with Gasteiger partial charge in [0.15, 0.2) is 0 Å². The van der Waals surface area contributed by atoms with Crippen molar-refractivity contribution < 1.29 is 37.0 Å². The minimum absolute atomic E-state index is 0.0480. The number of hydrogen-bond donors (Lipinski definition) is 3. The highest BCUT2D eigenvalue weighted by Crippen LogP contribution is 2.28. The molecule has 2 aliphatic rings. The Bertz CT molecular complexity index is 1350. The van der Waals surface area contributed by atoms with Crippen molar-refractivity contribution in [2.75, 3.05) is 37.7 Å². The number of carboxylic acid groups (broad SMARTS) is 1. The lowest BCUT2D eigenvalue weighted by atomic mass is 10.1. The van der Waals surface area contributed by atoms with Gasteiger partial charge in [0.1, 0.15) is 5.82 Å². The SMILES string of the molecule is O=C(O)C(F)(F)F.O=C1NCCc2[nH]c(-c3ccnc(/C=C/c4c(F)cccc4N4CCOCC4)c3)cc21. The number of aromatic nitrogens is 2. The first kappa shape index (κ1) is 26.9. The van der Waals surface area contributed by atoms with Crippen LogP contribution < -0.4 is 10.2 Å². The molecule has 1 fully saturated rings. The molecule has 3 aromatic rings. The number of fused-ring (bicyclic) bond motifs is 1. The molecule has 1 saturated heterocycles. The molecule has 2 aliphatic heterocycles. The summed E-state index contributed by atoms with van der Waals surface area (Å²) in [5.41, 5.74) is 5.57. The number of amides is 1. The van der Waals surface area contributed by atoms with Crippen LogP contribution in [-0.4, -0.2) is 66.0 Å². The van der Waals surface area contributed by atoms with Crippen molar-refractivity contribution in [1.82, 2.24) is 15.3 Å². The molecule has 12 heteroatoms. The molecule has 0 bridgehead atoms. The van der Waals surface area contributed by atoms with E-state index in [0.29, 0.717) is 36.6 Å². The zero-order chi connectivity index (χ0) is 27.3. The van der Waals surface area contributed by atoms with Crippen molar-refractivity contribution in [1.29, 1.82) is 0 Å². The summed E-state index contributed by atoms with van der Waals surface area (Å²) in [6.45, 7) is 3.40. The van der Waals surface area contributed by atoms with Crippen LogP contribution in [0.4, 0.5) is 23.2 Å². The Labute approximate surface area is 214 Å². The normalized spacial score (nSPS) is 15.5. The second kappa shape index (κ2) is 11.5. The molecule has 0 saturated carbocycles. The Kier molecular flexibility index (Phi) is 8.10. The van der Waals surface area contributed by atoms with Gasteiger partial charge in [-0.3, -0.25) is 9.78 Å². The van der Waals surface area contributed by atoms with Gasteiger partial charge in [0.05, 0.1) is 24.5 Å². The number of halogens is 4. The topological polar surface area (TPSA) is 108 Å². The number of anilines is 1. The van der Waals surface area contributed by atoms with E-state index in [1.165, 1.54) is 6.07 Å². The van der Waals surface area contributed by atoms with Crippen LogP contribution in [0.25, 0.3) is 23.4 Å². The number of aliphatic carboxylic acids is 1. The number of H-pyrrole nitrogens is 1. The minimum Gasteiger partial charge on any atom is -0.475 e. The number of carbonyl (C=O) groups excluding carboxylic acids is 1. The third kappa shape index (κ3) is 6.38. The lowest BCUT2D eigenvalue weighted by Crippen LogP contribution is -2.36. The lowest BCUT2D eigenvalue weighted by Gasteiger charge is -2.30. The van der Waals surface area contributed by atoms with Gasteiger partial charge in [-0.05, 0) is 42.5 Å². The molecule has 0 aliphatic carbocycles. The molecule has 2 aromatic heterocycles. The Morgan fingerprint density at radius 1 is 1.13 bits per heavy atom. The van der Waals surface area contributed by atoms with Gasteiger partial charge in [-0.15, -0.1) is 0 Å². The number of pyridine rings is 1. The van der Waals surface area contributed by atoms with E-state index in [1.54, 1.807) is 18.3 Å². The zero-order valence-corrected chi connectivity index (χ0v) is 20.0. The number of benzene rings is 1. The number of ether oxygens (including phenoxy) is 1. The van der Waals surface area contributed by atoms with Crippen LogP contribution in [0.1, 0.15) is 27.3 Å². The molecule has 4 heterocycles. The van der Waals surface area contributed by atoms with E-state index in [4.69, 9.17) is 14.6 Å². The lowest BCUT2D eigenvalue weighted by molar-refractivity contribution is -0.192. The van der Waals surface area contributed by atoms with Gasteiger partial charge >= 0.3 is 12.1 Å². The minimum atomic E-state index is -5.08. The number of rotatable bonds is 4. The number of nitrogens with one attached hydrogen (secondary N) is 2. The van der Waals surface area contributed by atoms with Crippen molar-refractivity contribution in [2.45, 2.75) is 12.6 Å². The second-order valence-electron chi connectivity index (χ2n) is 8.46. The van der Waals surface area contributed by atoms with Crippen molar-refractivity contribution in [2.24, 2.45) is 0 Å². The number of morpholine rings is 1. The Balaban J connectivity index is 0.000000426. The fraction of sp³-hybridized carbons (Fsp3) is 0.269. The average molecular weight is 532 g/mol. The summed E-state index contributed by atoms with van der Waals surface area (Å²) in [5, 5.41) is 9.99. The third-order valence-corrected chi connectivity index (χ3v) is 5.94. The summed E-state index contributed by atoms with van der Waals surface area (Å²) in [5.74, 6) is -3.07. The molecule has 0 spiro atoms. The summed E-state index contributed by atoms with van der Waals surface area (Å²) < 4.78 is 51.8. The second-order valence-corrected chi connectivity index (χ2v) is 8.46. The highest BCUT2D eigenvalue weighted by Gasteiger charge is 2.38. The maximum atomic E-state index is 14.6. The molecule has 3 N–H and O–H groups in total. The fourth-order valence-corrected chi connectivity index (χ4v) is 4.10. The van der Waals surface area contributed by atoms with Gasteiger partial charge < -0.3 is 25.0 Å². The maximum Gasteiger partial charge on any atom is 0.490 e. The molecule has 0 unspecified atom stereocenters. The molecule has 0 radical (unpaired) electrons. The Morgan fingerprint density at radius 2 is 1.87 bits per heavy atom.